The largest absolute Gasteiger partial charge is 0.467 e. The molecule has 1 aliphatic heterocycles. The van der Waals surface area contributed by atoms with Crippen molar-refractivity contribution in [2.45, 2.75) is 65.4 Å². The summed E-state index contributed by atoms with van der Waals surface area (Å²) in [5.41, 5.74) is -0.659. The van der Waals surface area contributed by atoms with E-state index >= 15 is 0 Å². The minimum atomic E-state index is -1.41. The van der Waals surface area contributed by atoms with E-state index in [9.17, 15) is 19.2 Å². The van der Waals surface area contributed by atoms with Gasteiger partial charge in [-0.3, -0.25) is 19.4 Å². The van der Waals surface area contributed by atoms with E-state index < -0.39 is 47.8 Å². The predicted molar refractivity (Wildman–Crippen MR) is 138 cm³/mol. The molecule has 2 atom stereocenters. The second-order valence-electron chi connectivity index (χ2n) is 10.7. The second kappa shape index (κ2) is 10.9. The molecular weight excluding hydrogens is 499 g/mol. The van der Waals surface area contributed by atoms with Crippen molar-refractivity contribution in [3.63, 3.8) is 0 Å². The number of pyridine rings is 1. The number of esters is 1. The summed E-state index contributed by atoms with van der Waals surface area (Å²) >= 11 is 5.94. The Morgan fingerprint density at radius 3 is 2.16 bits per heavy atom. The topological polar surface area (TPSA) is 121 Å². The van der Waals surface area contributed by atoms with Gasteiger partial charge in [-0.05, 0) is 83.9 Å². The monoisotopic (exact) mass is 528 g/mol. The lowest BCUT2D eigenvalue weighted by atomic mass is 9.46. The van der Waals surface area contributed by atoms with Crippen molar-refractivity contribution in [1.82, 2.24) is 10.3 Å². The molecule has 1 fully saturated rings. The van der Waals surface area contributed by atoms with Gasteiger partial charge in [-0.15, -0.1) is 0 Å². The first kappa shape index (κ1) is 28.2. The summed E-state index contributed by atoms with van der Waals surface area (Å²) in [6.07, 6.45) is 0.781. The Hall–Kier alpha value is -3.40. The zero-order valence-electron chi connectivity index (χ0n) is 21.7. The molecule has 0 radical (unpaired) electrons. The second-order valence-corrected chi connectivity index (χ2v) is 11.2. The van der Waals surface area contributed by atoms with Crippen LogP contribution in [-0.2, 0) is 25.4 Å². The molecule has 2 aromatic rings. The molecule has 0 saturated carbocycles. The first-order valence-corrected chi connectivity index (χ1v) is 12.2. The summed E-state index contributed by atoms with van der Waals surface area (Å²) in [7, 11) is 0. The maximum absolute atomic E-state index is 13.0. The summed E-state index contributed by atoms with van der Waals surface area (Å²) < 4.78 is 16.4. The van der Waals surface area contributed by atoms with Crippen molar-refractivity contribution < 1.29 is 33.4 Å². The SMILES string of the molecule is CC(C)(C)OC(=O)B(C(=O)OC(C)(C)C)c1cc(C[C@H]2C(=O)N[C@@H]2OC(=O)c2cccc(Cl)c2)ccn1. The standard InChI is InChI=1S/C26H30BClN2O7/c1-25(2,3)36-23(33)27(24(34)37-26(4,5)6)19-13-15(10-11-29-19)12-18-20(31)30-21(18)35-22(32)16-8-7-9-17(28)14-16/h7-11,13-14,18,21H,12H2,1-6H3,(H,30,31)/t18-,21+/m0/s1. The number of amides is 1. The molecule has 1 N–H and O–H groups in total. The molecule has 2 heterocycles. The number of nitrogens with zero attached hydrogens (tertiary/aromatic N) is 1. The highest BCUT2D eigenvalue weighted by Gasteiger charge is 2.45. The summed E-state index contributed by atoms with van der Waals surface area (Å²) in [4.78, 5) is 54.9. The molecule has 0 unspecified atom stereocenters. The molecule has 3 rings (SSSR count). The summed E-state index contributed by atoms with van der Waals surface area (Å²) in [6.45, 7) is 8.76. The fraction of sp³-hybridized carbons (Fsp3) is 0.423. The Kier molecular flexibility index (Phi) is 8.32. The van der Waals surface area contributed by atoms with Crippen molar-refractivity contribution in [3.8, 4) is 0 Å². The van der Waals surface area contributed by atoms with Crippen LogP contribution in [0.4, 0.5) is 9.59 Å². The summed E-state index contributed by atoms with van der Waals surface area (Å²) in [5, 5.41) is 2.96. The van der Waals surface area contributed by atoms with Crippen LogP contribution in [0.15, 0.2) is 42.6 Å². The zero-order chi connectivity index (χ0) is 27.5. The Labute approximate surface area is 221 Å². The smallest absolute Gasteiger partial charge is 0.460 e. The van der Waals surface area contributed by atoms with Crippen LogP contribution in [0, 0.1) is 5.92 Å². The van der Waals surface area contributed by atoms with Crippen LogP contribution in [0.3, 0.4) is 0 Å². The van der Waals surface area contributed by atoms with E-state index in [1.807, 2.05) is 0 Å². The number of halogens is 1. The van der Waals surface area contributed by atoms with Crippen LogP contribution in [0.25, 0.3) is 0 Å². The molecule has 1 aromatic heterocycles. The molecule has 1 aromatic carbocycles. The summed E-state index contributed by atoms with van der Waals surface area (Å²) in [6, 6.07) is 9.51. The first-order valence-electron chi connectivity index (χ1n) is 11.8. The minimum absolute atomic E-state index is 0.133. The number of β-lactam (4-membered cyclic amide) rings is 1. The lowest BCUT2D eigenvalue weighted by Gasteiger charge is -2.35. The molecule has 9 nitrogen and oxygen atoms in total. The third-order valence-electron chi connectivity index (χ3n) is 5.16. The number of carbonyl (C=O) groups excluding carboxylic acids is 4. The average Bonchev–Trinajstić information content (AvgIpc) is 2.75. The van der Waals surface area contributed by atoms with Gasteiger partial charge in [0.2, 0.25) is 5.91 Å². The fourth-order valence-electron chi connectivity index (χ4n) is 3.59. The number of aromatic nitrogens is 1. The number of hydrogen-bond acceptors (Lipinski definition) is 8. The van der Waals surface area contributed by atoms with Crippen molar-refractivity contribution in [2.75, 3.05) is 0 Å². The van der Waals surface area contributed by atoms with Gasteiger partial charge >= 0.3 is 12.7 Å². The normalized spacial score (nSPS) is 17.2. The highest BCUT2D eigenvalue weighted by atomic mass is 35.5. The lowest BCUT2D eigenvalue weighted by Crippen LogP contribution is -2.60. The van der Waals surface area contributed by atoms with E-state index in [2.05, 4.69) is 10.3 Å². The molecule has 0 bridgehead atoms. The van der Waals surface area contributed by atoms with Crippen molar-refractivity contribution >= 4 is 47.5 Å². The van der Waals surface area contributed by atoms with Gasteiger partial charge in [0.15, 0.2) is 6.23 Å². The van der Waals surface area contributed by atoms with E-state index in [1.54, 1.807) is 71.9 Å². The number of ether oxygens (including phenoxy) is 3. The van der Waals surface area contributed by atoms with E-state index in [0.717, 1.165) is 0 Å². The Balaban J connectivity index is 1.79. The van der Waals surface area contributed by atoms with Gasteiger partial charge in [-0.2, -0.15) is 0 Å². The Bertz CT molecular complexity index is 1180. The van der Waals surface area contributed by atoms with Crippen LogP contribution in [0.2, 0.25) is 5.02 Å². The van der Waals surface area contributed by atoms with Crippen molar-refractivity contribution in [1.29, 1.82) is 0 Å². The molecule has 0 spiro atoms. The number of rotatable bonds is 7. The summed E-state index contributed by atoms with van der Waals surface area (Å²) in [5.74, 6) is -3.16. The first-order chi connectivity index (χ1) is 17.1. The van der Waals surface area contributed by atoms with E-state index in [-0.39, 0.29) is 23.5 Å². The van der Waals surface area contributed by atoms with E-state index in [4.69, 9.17) is 25.8 Å². The molecule has 37 heavy (non-hydrogen) atoms. The quantitative estimate of drug-likeness (QED) is 0.248. The molecule has 196 valence electrons. The molecule has 1 saturated heterocycles. The number of nitrogens with one attached hydrogen (secondary N) is 1. The maximum atomic E-state index is 13.0. The number of hydrogen-bond donors (Lipinski definition) is 1. The van der Waals surface area contributed by atoms with Gasteiger partial charge in [-0.25, -0.2) is 4.79 Å². The molecule has 0 aliphatic carbocycles. The highest BCUT2D eigenvalue weighted by molar-refractivity contribution is 7.16. The van der Waals surface area contributed by atoms with Crippen LogP contribution in [-0.4, -0.2) is 52.7 Å². The zero-order valence-corrected chi connectivity index (χ0v) is 22.4. The molecule has 11 heteroatoms. The van der Waals surface area contributed by atoms with Gasteiger partial charge < -0.3 is 19.5 Å². The van der Waals surface area contributed by atoms with Crippen molar-refractivity contribution in [2.24, 2.45) is 5.92 Å². The molecule has 1 aliphatic rings. The highest BCUT2D eigenvalue weighted by Crippen LogP contribution is 2.23. The lowest BCUT2D eigenvalue weighted by molar-refractivity contribution is -0.147. The minimum Gasteiger partial charge on any atom is -0.467 e. The number of benzene rings is 1. The third kappa shape index (κ3) is 7.79. The predicted octanol–water partition coefficient (Wildman–Crippen LogP) is 3.94. The Morgan fingerprint density at radius 2 is 1.62 bits per heavy atom. The molecular formula is C26H30BClN2O7. The third-order valence-corrected chi connectivity index (χ3v) is 5.40. The number of carbonyl (C=O) groups is 4. The van der Waals surface area contributed by atoms with Crippen LogP contribution in [0.5, 0.6) is 0 Å². The van der Waals surface area contributed by atoms with Crippen molar-refractivity contribution in [3.05, 3.63) is 58.7 Å². The fourth-order valence-corrected chi connectivity index (χ4v) is 3.78. The van der Waals surface area contributed by atoms with Gasteiger partial charge in [0.05, 0.1) is 11.5 Å². The van der Waals surface area contributed by atoms with Crippen LogP contribution in [0.1, 0.15) is 57.5 Å². The van der Waals surface area contributed by atoms with E-state index in [1.165, 1.54) is 12.3 Å². The molecule has 1 amide bonds. The van der Waals surface area contributed by atoms with Crippen LogP contribution >= 0.6 is 11.6 Å². The van der Waals surface area contributed by atoms with E-state index in [0.29, 0.717) is 10.6 Å². The van der Waals surface area contributed by atoms with Gasteiger partial charge in [0, 0.05) is 16.8 Å². The van der Waals surface area contributed by atoms with Crippen LogP contribution < -0.4 is 10.9 Å². The Morgan fingerprint density at radius 1 is 1.00 bits per heavy atom. The van der Waals surface area contributed by atoms with Gasteiger partial charge in [-0.1, -0.05) is 17.7 Å². The maximum Gasteiger partial charge on any atom is 0.460 e. The van der Waals surface area contributed by atoms with Gasteiger partial charge in [0.25, 0.3) is 11.7 Å². The van der Waals surface area contributed by atoms with Gasteiger partial charge in [0.1, 0.15) is 11.2 Å². The average molecular weight is 529 g/mol.